The number of carbonyl (C=O) groups excluding carboxylic acids is 1. The monoisotopic (exact) mass is 402 g/mol. The zero-order chi connectivity index (χ0) is 19.3. The molecule has 1 amide bonds. The van der Waals surface area contributed by atoms with Crippen molar-refractivity contribution in [3.63, 3.8) is 0 Å². The fourth-order valence-electron chi connectivity index (χ4n) is 3.48. The first kappa shape index (κ1) is 20.5. The Morgan fingerprint density at radius 1 is 1.15 bits per heavy atom. The summed E-state index contributed by atoms with van der Waals surface area (Å²) in [5.41, 5.74) is 0.629. The fraction of sp³-hybridized carbons (Fsp3) is 0.632. The van der Waals surface area contributed by atoms with Gasteiger partial charge in [0, 0.05) is 43.4 Å². The van der Waals surface area contributed by atoms with Crippen LogP contribution in [-0.4, -0.2) is 73.1 Å². The number of alkyl halides is 3. The van der Waals surface area contributed by atoms with Gasteiger partial charge >= 0.3 is 6.18 Å². The topological polar surface area (TPSA) is 32.8 Å². The van der Waals surface area contributed by atoms with Gasteiger partial charge in [-0.25, -0.2) is 0 Å². The smallest absolute Gasteiger partial charge is 0.377 e. The van der Waals surface area contributed by atoms with Crippen molar-refractivity contribution in [2.24, 2.45) is 0 Å². The van der Waals surface area contributed by atoms with Crippen molar-refractivity contribution in [2.75, 3.05) is 45.1 Å². The van der Waals surface area contributed by atoms with Crippen LogP contribution in [0.25, 0.3) is 0 Å². The standard InChI is InChI=1S/C19H25F3N2O2S/c20-19(21,22)14-23-8-4-9-24(11-10-23)18(25)16-6-1-2-7-17(16)27-13-15-5-3-12-26-15/h1-2,6-7,15H,3-5,8-14H2. The van der Waals surface area contributed by atoms with Gasteiger partial charge in [0.1, 0.15) is 0 Å². The molecule has 0 saturated carbocycles. The Balaban J connectivity index is 1.61. The number of benzene rings is 1. The van der Waals surface area contributed by atoms with Crippen LogP contribution in [0.4, 0.5) is 13.2 Å². The van der Waals surface area contributed by atoms with Crippen molar-refractivity contribution in [3.05, 3.63) is 29.8 Å². The van der Waals surface area contributed by atoms with Crippen molar-refractivity contribution in [2.45, 2.75) is 36.4 Å². The second-order valence-electron chi connectivity index (χ2n) is 6.98. The molecule has 1 atom stereocenters. The first-order valence-corrected chi connectivity index (χ1v) is 10.3. The summed E-state index contributed by atoms with van der Waals surface area (Å²) in [6, 6.07) is 7.47. The van der Waals surface area contributed by atoms with E-state index in [1.807, 2.05) is 18.2 Å². The summed E-state index contributed by atoms with van der Waals surface area (Å²) in [6.07, 6.45) is -1.30. The van der Waals surface area contributed by atoms with Crippen LogP contribution in [0.5, 0.6) is 0 Å². The average Bonchev–Trinajstić information content (AvgIpc) is 3.04. The summed E-state index contributed by atoms with van der Waals surface area (Å²) in [7, 11) is 0. The minimum absolute atomic E-state index is 0.0979. The summed E-state index contributed by atoms with van der Waals surface area (Å²) in [6.45, 7) is 1.30. The SMILES string of the molecule is O=C(c1ccccc1SCC1CCCO1)N1CCCN(CC(F)(F)F)CC1. The predicted molar refractivity (Wildman–Crippen MR) is 99.2 cm³/mol. The van der Waals surface area contributed by atoms with E-state index in [0.29, 0.717) is 31.6 Å². The third-order valence-corrected chi connectivity index (χ3v) is 6.05. The van der Waals surface area contributed by atoms with E-state index in [1.165, 1.54) is 4.90 Å². The van der Waals surface area contributed by atoms with Gasteiger partial charge in [0.05, 0.1) is 18.2 Å². The molecule has 1 aromatic rings. The molecule has 1 aromatic carbocycles. The number of rotatable bonds is 5. The van der Waals surface area contributed by atoms with Gasteiger partial charge in [-0.05, 0) is 31.4 Å². The Bertz CT molecular complexity index is 636. The zero-order valence-corrected chi connectivity index (χ0v) is 16.0. The van der Waals surface area contributed by atoms with Gasteiger partial charge < -0.3 is 9.64 Å². The summed E-state index contributed by atoms with van der Waals surface area (Å²) in [4.78, 5) is 17.0. The molecule has 1 unspecified atom stereocenters. The molecule has 4 nitrogen and oxygen atoms in total. The molecular weight excluding hydrogens is 377 g/mol. The third-order valence-electron chi connectivity index (χ3n) is 4.84. The number of thioether (sulfide) groups is 1. The number of hydrogen-bond acceptors (Lipinski definition) is 4. The minimum Gasteiger partial charge on any atom is -0.377 e. The maximum Gasteiger partial charge on any atom is 0.401 e. The molecule has 3 rings (SSSR count). The van der Waals surface area contributed by atoms with Crippen LogP contribution in [0.15, 0.2) is 29.2 Å². The fourth-order valence-corrected chi connectivity index (χ4v) is 4.60. The largest absolute Gasteiger partial charge is 0.401 e. The lowest BCUT2D eigenvalue weighted by Gasteiger charge is -2.23. The minimum atomic E-state index is -4.20. The number of ether oxygens (including phenoxy) is 1. The second kappa shape index (κ2) is 9.30. The van der Waals surface area contributed by atoms with Gasteiger partial charge in [-0.1, -0.05) is 12.1 Å². The van der Waals surface area contributed by atoms with Crippen LogP contribution >= 0.6 is 11.8 Å². The highest BCUT2D eigenvalue weighted by Gasteiger charge is 2.32. The number of hydrogen-bond donors (Lipinski definition) is 0. The highest BCUT2D eigenvalue weighted by Crippen LogP contribution is 2.28. The van der Waals surface area contributed by atoms with Gasteiger partial charge in [0.25, 0.3) is 5.91 Å². The number of nitrogens with zero attached hydrogens (tertiary/aromatic N) is 2. The molecule has 2 aliphatic heterocycles. The van der Waals surface area contributed by atoms with Crippen LogP contribution in [0.2, 0.25) is 0 Å². The molecule has 0 radical (unpaired) electrons. The Labute approximate surface area is 162 Å². The highest BCUT2D eigenvalue weighted by molar-refractivity contribution is 7.99. The summed E-state index contributed by atoms with van der Waals surface area (Å²) < 4.78 is 43.5. The van der Waals surface area contributed by atoms with Gasteiger partial charge in [-0.2, -0.15) is 13.2 Å². The molecule has 0 spiro atoms. The predicted octanol–water partition coefficient (Wildman–Crippen LogP) is 3.67. The van der Waals surface area contributed by atoms with E-state index in [-0.39, 0.29) is 18.6 Å². The lowest BCUT2D eigenvalue weighted by Crippen LogP contribution is -2.38. The van der Waals surface area contributed by atoms with Crippen molar-refractivity contribution < 1.29 is 22.7 Å². The second-order valence-corrected chi connectivity index (χ2v) is 8.04. The van der Waals surface area contributed by atoms with E-state index in [4.69, 9.17) is 4.74 Å². The molecule has 2 saturated heterocycles. The van der Waals surface area contributed by atoms with Crippen LogP contribution < -0.4 is 0 Å². The quantitative estimate of drug-likeness (QED) is 0.704. The summed E-state index contributed by atoms with van der Waals surface area (Å²) >= 11 is 1.62. The molecular formula is C19H25F3N2O2S. The molecule has 0 N–H and O–H groups in total. The van der Waals surface area contributed by atoms with Crippen LogP contribution in [0, 0.1) is 0 Å². The summed E-state index contributed by atoms with van der Waals surface area (Å²) in [5, 5.41) is 0. The first-order valence-electron chi connectivity index (χ1n) is 9.34. The molecule has 8 heteroatoms. The molecule has 0 bridgehead atoms. The van der Waals surface area contributed by atoms with Gasteiger partial charge in [0.2, 0.25) is 0 Å². The molecule has 0 aromatic heterocycles. The molecule has 150 valence electrons. The zero-order valence-electron chi connectivity index (χ0n) is 15.2. The average molecular weight is 402 g/mol. The molecule has 27 heavy (non-hydrogen) atoms. The van der Waals surface area contributed by atoms with Crippen LogP contribution in [0.3, 0.4) is 0 Å². The van der Waals surface area contributed by atoms with Crippen molar-refractivity contribution in [3.8, 4) is 0 Å². The van der Waals surface area contributed by atoms with Crippen molar-refractivity contribution in [1.82, 2.24) is 9.80 Å². The van der Waals surface area contributed by atoms with Crippen molar-refractivity contribution >= 4 is 17.7 Å². The maximum absolute atomic E-state index is 13.0. The van der Waals surface area contributed by atoms with Crippen molar-refractivity contribution in [1.29, 1.82) is 0 Å². The lowest BCUT2D eigenvalue weighted by atomic mass is 10.2. The normalized spacial score (nSPS) is 22.0. The van der Waals surface area contributed by atoms with E-state index in [9.17, 15) is 18.0 Å². The number of carbonyl (C=O) groups is 1. The van der Waals surface area contributed by atoms with Gasteiger partial charge in [-0.15, -0.1) is 11.8 Å². The molecule has 2 heterocycles. The number of halogens is 3. The third kappa shape index (κ3) is 6.12. The Morgan fingerprint density at radius 3 is 2.70 bits per heavy atom. The molecule has 0 aliphatic carbocycles. The van der Waals surface area contributed by atoms with E-state index >= 15 is 0 Å². The van der Waals surface area contributed by atoms with E-state index < -0.39 is 12.7 Å². The van der Waals surface area contributed by atoms with E-state index in [2.05, 4.69) is 0 Å². The van der Waals surface area contributed by atoms with E-state index in [1.54, 1.807) is 22.7 Å². The van der Waals surface area contributed by atoms with Gasteiger partial charge in [0.15, 0.2) is 0 Å². The first-order chi connectivity index (χ1) is 12.9. The van der Waals surface area contributed by atoms with E-state index in [0.717, 1.165) is 30.1 Å². The Kier molecular flexibility index (Phi) is 7.05. The summed E-state index contributed by atoms with van der Waals surface area (Å²) in [5.74, 6) is 0.711. The van der Waals surface area contributed by atoms with Gasteiger partial charge in [-0.3, -0.25) is 9.69 Å². The maximum atomic E-state index is 13.0. The Morgan fingerprint density at radius 2 is 1.96 bits per heavy atom. The molecule has 2 aliphatic rings. The molecule has 2 fully saturated rings. The number of amides is 1. The lowest BCUT2D eigenvalue weighted by molar-refractivity contribution is -0.145. The highest BCUT2D eigenvalue weighted by atomic mass is 32.2. The van der Waals surface area contributed by atoms with Crippen LogP contribution in [0.1, 0.15) is 29.6 Å². The Hall–Kier alpha value is -1.25. The van der Waals surface area contributed by atoms with Crippen LogP contribution in [-0.2, 0) is 4.74 Å².